The molecule has 9 aromatic carbocycles. The van der Waals surface area contributed by atoms with Crippen molar-refractivity contribution in [2.75, 3.05) is 9.80 Å². The van der Waals surface area contributed by atoms with E-state index >= 15 is 0 Å². The number of para-hydroxylation sites is 3. The highest BCUT2D eigenvalue weighted by Gasteiger charge is 2.23. The van der Waals surface area contributed by atoms with E-state index < -0.39 is 0 Å². The molecule has 53 heavy (non-hydrogen) atoms. The molecule has 250 valence electrons. The van der Waals surface area contributed by atoms with Crippen LogP contribution in [0.2, 0.25) is 0 Å². The summed E-state index contributed by atoms with van der Waals surface area (Å²) in [7, 11) is 0. The smallest absolute Gasteiger partial charge is 0.135 e. The molecule has 0 unspecified atom stereocenters. The maximum absolute atomic E-state index is 6.27. The molecule has 0 saturated carbocycles. The number of rotatable bonds is 7. The maximum Gasteiger partial charge on any atom is 0.135 e. The molecule has 0 saturated heterocycles. The molecule has 10 aromatic rings. The molecule has 1 heterocycles. The average Bonchev–Trinajstić information content (AvgIpc) is 3.60. The van der Waals surface area contributed by atoms with Gasteiger partial charge >= 0.3 is 0 Å². The Morgan fingerprint density at radius 1 is 0.302 bits per heavy atom. The summed E-state index contributed by atoms with van der Waals surface area (Å²) < 4.78 is 6.27. The number of anilines is 6. The van der Waals surface area contributed by atoms with E-state index in [4.69, 9.17) is 4.42 Å². The fourth-order valence-corrected chi connectivity index (χ4v) is 7.80. The van der Waals surface area contributed by atoms with Crippen molar-refractivity contribution in [1.82, 2.24) is 0 Å². The lowest BCUT2D eigenvalue weighted by molar-refractivity contribution is 0.669. The number of benzene rings is 9. The van der Waals surface area contributed by atoms with Crippen LogP contribution in [0.15, 0.2) is 211 Å². The fraction of sp³-hybridized carbons (Fsp3) is 0. The van der Waals surface area contributed by atoms with Gasteiger partial charge in [0, 0.05) is 44.3 Å². The van der Waals surface area contributed by atoms with Gasteiger partial charge in [0.05, 0.1) is 11.4 Å². The maximum atomic E-state index is 6.27. The Morgan fingerprint density at radius 2 is 0.849 bits per heavy atom. The van der Waals surface area contributed by atoms with Gasteiger partial charge in [0.2, 0.25) is 0 Å². The van der Waals surface area contributed by atoms with Crippen molar-refractivity contribution in [2.45, 2.75) is 0 Å². The Labute approximate surface area is 308 Å². The van der Waals surface area contributed by atoms with Crippen molar-refractivity contribution in [3.8, 4) is 11.1 Å². The van der Waals surface area contributed by atoms with E-state index in [0.717, 1.165) is 61.4 Å². The zero-order valence-corrected chi connectivity index (χ0v) is 28.9. The van der Waals surface area contributed by atoms with Crippen LogP contribution in [0.1, 0.15) is 0 Å². The van der Waals surface area contributed by atoms with Gasteiger partial charge in [-0.05, 0) is 94.7 Å². The molecular formula is C50H34N2O. The Bertz CT molecular complexity index is 2900. The minimum absolute atomic E-state index is 0.879. The summed E-state index contributed by atoms with van der Waals surface area (Å²) in [5.41, 5.74) is 10.7. The minimum atomic E-state index is 0.879. The molecule has 0 amide bonds. The van der Waals surface area contributed by atoms with Crippen LogP contribution in [-0.4, -0.2) is 0 Å². The van der Waals surface area contributed by atoms with Gasteiger partial charge in [0.15, 0.2) is 0 Å². The van der Waals surface area contributed by atoms with Crippen LogP contribution in [0.3, 0.4) is 0 Å². The monoisotopic (exact) mass is 678 g/mol. The van der Waals surface area contributed by atoms with Crippen molar-refractivity contribution in [3.63, 3.8) is 0 Å². The van der Waals surface area contributed by atoms with Crippen LogP contribution in [0.4, 0.5) is 34.1 Å². The Kier molecular flexibility index (Phi) is 7.47. The normalized spacial score (nSPS) is 11.4. The Morgan fingerprint density at radius 3 is 1.62 bits per heavy atom. The first-order valence-corrected chi connectivity index (χ1v) is 18.0. The van der Waals surface area contributed by atoms with E-state index in [2.05, 4.69) is 204 Å². The fourth-order valence-electron chi connectivity index (χ4n) is 7.80. The van der Waals surface area contributed by atoms with Crippen molar-refractivity contribution >= 4 is 77.6 Å². The van der Waals surface area contributed by atoms with Crippen LogP contribution in [0.25, 0.3) is 54.6 Å². The third-order valence-corrected chi connectivity index (χ3v) is 10.2. The summed E-state index contributed by atoms with van der Waals surface area (Å²) in [6.45, 7) is 0. The van der Waals surface area contributed by atoms with E-state index in [9.17, 15) is 0 Å². The molecule has 0 aliphatic rings. The standard InChI is InChI=1S/C50H34N2O/c1-4-16-35(17-5-1)36-19-14-24-40(32-36)51(38-20-6-2-7-21-38)46-28-15-27-44-47(33-37-18-10-11-25-42(37)50(44)46)52(39-22-8-3-9-23-39)41-30-31-49-45(34-41)43-26-12-13-29-48(43)53-49/h1-34H. The topological polar surface area (TPSA) is 19.6 Å². The molecule has 3 heteroatoms. The molecule has 0 spiro atoms. The van der Waals surface area contributed by atoms with Crippen LogP contribution in [0.5, 0.6) is 0 Å². The van der Waals surface area contributed by atoms with Crippen molar-refractivity contribution in [3.05, 3.63) is 206 Å². The summed E-state index contributed by atoms with van der Waals surface area (Å²) in [6.07, 6.45) is 0. The second-order valence-corrected chi connectivity index (χ2v) is 13.4. The lowest BCUT2D eigenvalue weighted by Crippen LogP contribution is -2.13. The molecule has 0 atom stereocenters. The van der Waals surface area contributed by atoms with Gasteiger partial charge in [-0.2, -0.15) is 0 Å². The van der Waals surface area contributed by atoms with E-state index in [1.807, 2.05) is 12.1 Å². The average molecular weight is 679 g/mol. The number of fused-ring (bicyclic) bond motifs is 6. The third kappa shape index (κ3) is 5.38. The van der Waals surface area contributed by atoms with E-state index in [-0.39, 0.29) is 0 Å². The van der Waals surface area contributed by atoms with Gasteiger partial charge in [0.1, 0.15) is 11.2 Å². The number of hydrogen-bond donors (Lipinski definition) is 0. The third-order valence-electron chi connectivity index (χ3n) is 10.2. The Hall–Kier alpha value is -7.10. The first-order valence-electron chi connectivity index (χ1n) is 18.0. The van der Waals surface area contributed by atoms with Gasteiger partial charge in [0.25, 0.3) is 0 Å². The van der Waals surface area contributed by atoms with Crippen LogP contribution >= 0.6 is 0 Å². The minimum Gasteiger partial charge on any atom is -0.456 e. The molecule has 3 nitrogen and oxygen atoms in total. The largest absolute Gasteiger partial charge is 0.456 e. The van der Waals surface area contributed by atoms with Gasteiger partial charge in [-0.1, -0.05) is 133 Å². The highest BCUT2D eigenvalue weighted by atomic mass is 16.3. The highest BCUT2D eigenvalue weighted by Crippen LogP contribution is 2.48. The SMILES string of the molecule is c1ccc(-c2cccc(N(c3ccccc3)c3cccc4c(N(c5ccccc5)c5ccc6oc7ccccc7c6c5)cc5ccccc5c34)c2)cc1. The summed E-state index contributed by atoms with van der Waals surface area (Å²) in [5.74, 6) is 0. The van der Waals surface area contributed by atoms with Crippen molar-refractivity contribution in [2.24, 2.45) is 0 Å². The van der Waals surface area contributed by atoms with Gasteiger partial charge in [-0.3, -0.25) is 0 Å². The zero-order chi connectivity index (χ0) is 35.1. The van der Waals surface area contributed by atoms with Gasteiger partial charge < -0.3 is 14.2 Å². The second kappa shape index (κ2) is 12.9. The molecular weight excluding hydrogens is 645 g/mol. The molecule has 0 fully saturated rings. The molecule has 10 rings (SSSR count). The lowest BCUT2D eigenvalue weighted by atomic mass is 9.96. The molecule has 0 radical (unpaired) electrons. The summed E-state index contributed by atoms with van der Waals surface area (Å²) in [6, 6.07) is 73.5. The predicted octanol–water partition coefficient (Wildman–Crippen LogP) is 14.5. The molecule has 0 aliphatic heterocycles. The van der Waals surface area contributed by atoms with Gasteiger partial charge in [-0.25, -0.2) is 0 Å². The zero-order valence-electron chi connectivity index (χ0n) is 28.9. The van der Waals surface area contributed by atoms with Crippen LogP contribution < -0.4 is 9.80 Å². The van der Waals surface area contributed by atoms with Gasteiger partial charge in [-0.15, -0.1) is 0 Å². The quantitative estimate of drug-likeness (QED) is 0.156. The summed E-state index contributed by atoms with van der Waals surface area (Å²) in [4.78, 5) is 4.80. The lowest BCUT2D eigenvalue weighted by Gasteiger charge is -2.31. The van der Waals surface area contributed by atoms with Crippen molar-refractivity contribution < 1.29 is 4.42 Å². The number of hydrogen-bond acceptors (Lipinski definition) is 3. The molecule has 1 aromatic heterocycles. The summed E-state index contributed by atoms with van der Waals surface area (Å²) >= 11 is 0. The Balaban J connectivity index is 1.26. The van der Waals surface area contributed by atoms with E-state index in [0.29, 0.717) is 0 Å². The first-order chi connectivity index (χ1) is 26.3. The van der Waals surface area contributed by atoms with Crippen molar-refractivity contribution in [1.29, 1.82) is 0 Å². The molecule has 0 bridgehead atoms. The second-order valence-electron chi connectivity index (χ2n) is 13.4. The number of nitrogens with zero attached hydrogens (tertiary/aromatic N) is 2. The predicted molar refractivity (Wildman–Crippen MR) is 224 cm³/mol. The molecule has 0 aliphatic carbocycles. The molecule has 0 N–H and O–H groups in total. The van der Waals surface area contributed by atoms with E-state index in [1.54, 1.807) is 0 Å². The highest BCUT2D eigenvalue weighted by molar-refractivity contribution is 6.20. The summed E-state index contributed by atoms with van der Waals surface area (Å²) in [5, 5.41) is 6.92. The van der Waals surface area contributed by atoms with E-state index in [1.165, 1.54) is 27.3 Å². The first kappa shape index (κ1) is 30.7. The van der Waals surface area contributed by atoms with Crippen LogP contribution in [-0.2, 0) is 0 Å². The van der Waals surface area contributed by atoms with Crippen LogP contribution in [0, 0.1) is 0 Å². The number of furan rings is 1.